The lowest BCUT2D eigenvalue weighted by Crippen LogP contribution is -2.62. The number of piperidine rings is 2. The first-order valence-electron chi connectivity index (χ1n) is 9.18. The van der Waals surface area contributed by atoms with Crippen molar-refractivity contribution >= 4 is 5.91 Å². The Labute approximate surface area is 139 Å². The van der Waals surface area contributed by atoms with Gasteiger partial charge in [-0.05, 0) is 51.2 Å². The summed E-state index contributed by atoms with van der Waals surface area (Å²) in [6, 6.07) is 0.530. The molecule has 5 atom stereocenters. The predicted octanol–water partition coefficient (Wildman–Crippen LogP) is -1.32. The second kappa shape index (κ2) is 8.39. The van der Waals surface area contributed by atoms with Gasteiger partial charge < -0.3 is 21.3 Å². The molecule has 0 bridgehead atoms. The van der Waals surface area contributed by atoms with Crippen LogP contribution in [0.1, 0.15) is 32.6 Å². The molecule has 0 aromatic carbocycles. The zero-order chi connectivity index (χ0) is 16.1. The maximum Gasteiger partial charge on any atom is 0.238 e. The predicted molar refractivity (Wildman–Crippen MR) is 90.9 cm³/mol. The van der Waals surface area contributed by atoms with Gasteiger partial charge >= 0.3 is 0 Å². The Balaban J connectivity index is 1.29. The van der Waals surface area contributed by atoms with Crippen molar-refractivity contribution < 1.29 is 4.79 Å². The minimum Gasteiger partial charge on any atom is -0.355 e. The lowest BCUT2D eigenvalue weighted by molar-refractivity contribution is -0.124. The molecule has 0 aromatic heterocycles. The monoisotopic (exact) mass is 324 g/mol. The number of rotatable bonds is 6. The molecule has 7 heteroatoms. The fraction of sp³-hybridized carbons (Fsp3) is 0.938. The van der Waals surface area contributed by atoms with E-state index in [1.807, 2.05) is 0 Å². The van der Waals surface area contributed by atoms with Gasteiger partial charge in [-0.15, -0.1) is 0 Å². The Bertz CT molecular complexity index is 385. The van der Waals surface area contributed by atoms with E-state index in [0.717, 1.165) is 51.6 Å². The van der Waals surface area contributed by atoms with Crippen molar-refractivity contribution in [1.29, 1.82) is 0 Å². The Morgan fingerprint density at radius 3 is 2.83 bits per heavy atom. The summed E-state index contributed by atoms with van der Waals surface area (Å²) in [7, 11) is 0. The number of carbonyl (C=O) groups excluding carboxylic acids is 1. The highest BCUT2D eigenvalue weighted by Crippen LogP contribution is 2.13. The molecule has 6 N–H and O–H groups in total. The minimum absolute atomic E-state index is 0.113. The molecular formula is C16H32N6O. The van der Waals surface area contributed by atoms with E-state index in [2.05, 4.69) is 38.8 Å². The molecule has 5 unspecified atom stereocenters. The summed E-state index contributed by atoms with van der Waals surface area (Å²) in [5, 5.41) is 20.3. The fourth-order valence-electron chi connectivity index (χ4n) is 3.85. The van der Waals surface area contributed by atoms with Gasteiger partial charge in [-0.25, -0.2) is 0 Å². The molecule has 3 aliphatic heterocycles. The Morgan fingerprint density at radius 2 is 2.00 bits per heavy atom. The zero-order valence-corrected chi connectivity index (χ0v) is 14.2. The van der Waals surface area contributed by atoms with Crippen molar-refractivity contribution in [2.45, 2.75) is 56.9 Å². The summed E-state index contributed by atoms with van der Waals surface area (Å²) in [6.07, 6.45) is 4.97. The van der Waals surface area contributed by atoms with E-state index in [-0.39, 0.29) is 18.0 Å². The smallest absolute Gasteiger partial charge is 0.238 e. The van der Waals surface area contributed by atoms with Gasteiger partial charge in [0, 0.05) is 25.3 Å². The van der Waals surface area contributed by atoms with Crippen LogP contribution in [0.2, 0.25) is 0 Å². The van der Waals surface area contributed by atoms with E-state index in [1.165, 1.54) is 12.8 Å². The van der Waals surface area contributed by atoms with Gasteiger partial charge in [0.2, 0.25) is 5.91 Å². The van der Waals surface area contributed by atoms with Crippen LogP contribution in [0.5, 0.6) is 0 Å². The first kappa shape index (κ1) is 17.1. The Morgan fingerprint density at radius 1 is 1.09 bits per heavy atom. The molecule has 3 heterocycles. The van der Waals surface area contributed by atoms with Crippen molar-refractivity contribution in [3.05, 3.63) is 0 Å². The van der Waals surface area contributed by atoms with E-state index in [1.54, 1.807) is 0 Å². The maximum absolute atomic E-state index is 12.4. The highest BCUT2D eigenvalue weighted by molar-refractivity contribution is 5.83. The van der Waals surface area contributed by atoms with Crippen LogP contribution in [0.15, 0.2) is 0 Å². The minimum atomic E-state index is -0.113. The van der Waals surface area contributed by atoms with E-state index in [4.69, 9.17) is 0 Å². The molecular weight excluding hydrogens is 292 g/mol. The highest BCUT2D eigenvalue weighted by atomic mass is 16.2. The average molecular weight is 324 g/mol. The number of amides is 1. The first-order valence-corrected chi connectivity index (χ1v) is 9.18. The van der Waals surface area contributed by atoms with Gasteiger partial charge in [0.05, 0.1) is 6.17 Å². The molecule has 7 nitrogen and oxygen atoms in total. The molecule has 0 aromatic rings. The van der Waals surface area contributed by atoms with Crippen LogP contribution in [-0.4, -0.2) is 63.0 Å². The van der Waals surface area contributed by atoms with Crippen LogP contribution in [0, 0.1) is 5.92 Å². The fourth-order valence-corrected chi connectivity index (χ4v) is 3.85. The van der Waals surface area contributed by atoms with Gasteiger partial charge in [-0.1, -0.05) is 6.92 Å². The zero-order valence-electron chi connectivity index (χ0n) is 14.2. The topological polar surface area (TPSA) is 89.2 Å². The van der Waals surface area contributed by atoms with Gasteiger partial charge in [-0.2, -0.15) is 0 Å². The molecule has 3 fully saturated rings. The lowest BCUT2D eigenvalue weighted by atomic mass is 9.94. The van der Waals surface area contributed by atoms with E-state index >= 15 is 0 Å². The van der Waals surface area contributed by atoms with Crippen molar-refractivity contribution in [3.63, 3.8) is 0 Å². The number of hydrogen-bond donors (Lipinski definition) is 6. The summed E-state index contributed by atoms with van der Waals surface area (Å²) in [5.74, 6) is 0.915. The molecule has 0 aliphatic carbocycles. The maximum atomic E-state index is 12.4. The van der Waals surface area contributed by atoms with E-state index in [9.17, 15) is 4.79 Å². The summed E-state index contributed by atoms with van der Waals surface area (Å²) in [4.78, 5) is 12.4. The molecule has 0 radical (unpaired) electrons. The van der Waals surface area contributed by atoms with Crippen LogP contribution >= 0.6 is 0 Å². The SMILES string of the molecule is CC1CCC(NCCCNC(=O)C2NCCC3NCNC32)NC1. The van der Waals surface area contributed by atoms with Gasteiger partial charge in [-0.3, -0.25) is 15.4 Å². The van der Waals surface area contributed by atoms with Crippen molar-refractivity contribution in [3.8, 4) is 0 Å². The standard InChI is InChI=1S/C16H32N6O/c1-11-3-4-13(20-9-11)17-6-2-7-19-16(23)15-14-12(5-8-18-15)21-10-22-14/h11-15,17-18,20-22H,2-10H2,1H3,(H,19,23). The summed E-state index contributed by atoms with van der Waals surface area (Å²) >= 11 is 0. The third-order valence-corrected chi connectivity index (χ3v) is 5.30. The quantitative estimate of drug-likeness (QED) is 0.340. The summed E-state index contributed by atoms with van der Waals surface area (Å²) in [6.45, 7) is 6.77. The van der Waals surface area contributed by atoms with Gasteiger partial charge in [0.1, 0.15) is 6.04 Å². The number of carbonyl (C=O) groups is 1. The van der Waals surface area contributed by atoms with Gasteiger partial charge in [0.25, 0.3) is 0 Å². The molecule has 132 valence electrons. The molecule has 3 rings (SSSR count). The third kappa shape index (κ3) is 4.64. The first-order chi connectivity index (χ1) is 11.2. The molecule has 3 saturated heterocycles. The van der Waals surface area contributed by atoms with Gasteiger partial charge in [0.15, 0.2) is 0 Å². The van der Waals surface area contributed by atoms with Crippen molar-refractivity contribution in [2.75, 3.05) is 32.8 Å². The third-order valence-electron chi connectivity index (χ3n) is 5.30. The molecule has 3 aliphatic rings. The second-order valence-electron chi connectivity index (χ2n) is 7.18. The highest BCUT2D eigenvalue weighted by Gasteiger charge is 2.39. The number of nitrogens with one attached hydrogen (secondary N) is 6. The van der Waals surface area contributed by atoms with Crippen LogP contribution in [0.25, 0.3) is 0 Å². The average Bonchev–Trinajstić information content (AvgIpc) is 3.04. The molecule has 23 heavy (non-hydrogen) atoms. The number of hydrogen-bond acceptors (Lipinski definition) is 6. The summed E-state index contributed by atoms with van der Waals surface area (Å²) in [5.41, 5.74) is 0. The molecule has 1 amide bonds. The molecule has 0 saturated carbocycles. The number of fused-ring (bicyclic) bond motifs is 1. The second-order valence-corrected chi connectivity index (χ2v) is 7.18. The largest absolute Gasteiger partial charge is 0.355 e. The van der Waals surface area contributed by atoms with Crippen molar-refractivity contribution in [2.24, 2.45) is 5.92 Å². The van der Waals surface area contributed by atoms with Crippen molar-refractivity contribution in [1.82, 2.24) is 31.9 Å². The van der Waals surface area contributed by atoms with Crippen LogP contribution in [-0.2, 0) is 4.79 Å². The molecule has 0 spiro atoms. The van der Waals surface area contributed by atoms with Crippen LogP contribution in [0.3, 0.4) is 0 Å². The summed E-state index contributed by atoms with van der Waals surface area (Å²) < 4.78 is 0. The van der Waals surface area contributed by atoms with Crippen LogP contribution in [0.4, 0.5) is 0 Å². The van der Waals surface area contributed by atoms with E-state index in [0.29, 0.717) is 12.2 Å². The Hall–Kier alpha value is -0.730. The van der Waals surface area contributed by atoms with Crippen LogP contribution < -0.4 is 31.9 Å². The lowest BCUT2D eigenvalue weighted by Gasteiger charge is -2.33. The van der Waals surface area contributed by atoms with E-state index < -0.39 is 0 Å². The Kier molecular flexibility index (Phi) is 6.24. The normalized spacial score (nSPS) is 37.3.